The summed E-state index contributed by atoms with van der Waals surface area (Å²) in [6, 6.07) is 11.0. The minimum Gasteiger partial charge on any atom is -0.497 e. The smallest absolute Gasteiger partial charge is 0.234 e. The molecule has 0 atom stereocenters. The molecule has 3 rings (SSSR count). The van der Waals surface area contributed by atoms with Gasteiger partial charge in [0.05, 0.1) is 25.7 Å². The topological polar surface area (TPSA) is 78.3 Å². The van der Waals surface area contributed by atoms with Gasteiger partial charge < -0.3 is 19.4 Å². The lowest BCUT2D eigenvalue weighted by molar-refractivity contribution is -0.113. The molecule has 9 heteroatoms. The van der Waals surface area contributed by atoms with Crippen LogP contribution in [0.4, 0.5) is 5.69 Å². The fourth-order valence-corrected chi connectivity index (χ4v) is 3.84. The van der Waals surface area contributed by atoms with Gasteiger partial charge in [-0.05, 0) is 37.6 Å². The summed E-state index contributed by atoms with van der Waals surface area (Å²) in [5.74, 6) is 1.90. The standard InChI is InChI=1S/C21H23ClN4O3S/c1-5-26-20(14-7-6-13(2)16(22)10-14)24-25-21(26)30-12-19(27)23-17-11-15(28-3)8-9-18(17)29-4/h6-11H,5,12H2,1-4H3,(H,23,27). The van der Waals surface area contributed by atoms with Crippen LogP contribution < -0.4 is 14.8 Å². The van der Waals surface area contributed by atoms with Gasteiger partial charge in [0.15, 0.2) is 11.0 Å². The number of benzene rings is 2. The Kier molecular flexibility index (Phi) is 7.23. The van der Waals surface area contributed by atoms with Gasteiger partial charge in [-0.1, -0.05) is 35.5 Å². The lowest BCUT2D eigenvalue weighted by Gasteiger charge is -2.12. The average Bonchev–Trinajstić information content (AvgIpc) is 3.17. The Labute approximate surface area is 184 Å². The maximum Gasteiger partial charge on any atom is 0.234 e. The van der Waals surface area contributed by atoms with E-state index in [-0.39, 0.29) is 11.7 Å². The van der Waals surface area contributed by atoms with Crippen LogP contribution in [0, 0.1) is 6.92 Å². The Hall–Kier alpha value is -2.71. The van der Waals surface area contributed by atoms with Crippen LogP contribution in [0.1, 0.15) is 12.5 Å². The number of hydrogen-bond donors (Lipinski definition) is 1. The highest BCUT2D eigenvalue weighted by Gasteiger charge is 2.16. The first-order chi connectivity index (χ1) is 14.5. The third kappa shape index (κ3) is 4.88. The van der Waals surface area contributed by atoms with Crippen molar-refractivity contribution < 1.29 is 14.3 Å². The zero-order valence-electron chi connectivity index (χ0n) is 17.2. The Morgan fingerprint density at radius 3 is 2.63 bits per heavy atom. The molecule has 1 aromatic heterocycles. The molecule has 158 valence electrons. The SMILES string of the molecule is CCn1c(SCC(=O)Nc2cc(OC)ccc2OC)nnc1-c1ccc(C)c(Cl)c1. The summed E-state index contributed by atoms with van der Waals surface area (Å²) in [6.07, 6.45) is 0. The van der Waals surface area contributed by atoms with Crippen LogP contribution in [0.5, 0.6) is 11.5 Å². The molecule has 0 aliphatic carbocycles. The summed E-state index contributed by atoms with van der Waals surface area (Å²) in [6.45, 7) is 4.63. The van der Waals surface area contributed by atoms with Crippen molar-refractivity contribution in [1.82, 2.24) is 14.8 Å². The summed E-state index contributed by atoms with van der Waals surface area (Å²) in [7, 11) is 3.12. The minimum atomic E-state index is -0.183. The van der Waals surface area contributed by atoms with Crippen molar-refractivity contribution in [3.05, 3.63) is 47.0 Å². The molecular weight excluding hydrogens is 424 g/mol. The molecule has 2 aromatic carbocycles. The van der Waals surface area contributed by atoms with Crippen molar-refractivity contribution in [2.24, 2.45) is 0 Å². The molecule has 0 radical (unpaired) electrons. The second-order valence-electron chi connectivity index (χ2n) is 6.42. The van der Waals surface area contributed by atoms with Gasteiger partial charge in [0.25, 0.3) is 0 Å². The maximum atomic E-state index is 12.5. The first kappa shape index (κ1) is 22.0. The Bertz CT molecular complexity index is 1050. The molecule has 30 heavy (non-hydrogen) atoms. The molecule has 0 aliphatic rings. The minimum absolute atomic E-state index is 0.174. The summed E-state index contributed by atoms with van der Waals surface area (Å²) in [5, 5.41) is 12.8. The van der Waals surface area contributed by atoms with E-state index in [1.54, 1.807) is 32.4 Å². The summed E-state index contributed by atoms with van der Waals surface area (Å²) >= 11 is 7.57. The number of nitrogens with one attached hydrogen (secondary N) is 1. The molecule has 0 unspecified atom stereocenters. The first-order valence-electron chi connectivity index (χ1n) is 9.31. The van der Waals surface area contributed by atoms with E-state index in [0.717, 1.165) is 17.0 Å². The molecule has 0 bridgehead atoms. The van der Waals surface area contributed by atoms with E-state index >= 15 is 0 Å². The zero-order chi connectivity index (χ0) is 21.7. The van der Waals surface area contributed by atoms with Crippen molar-refractivity contribution in [3.8, 4) is 22.9 Å². The van der Waals surface area contributed by atoms with Gasteiger partial charge >= 0.3 is 0 Å². The van der Waals surface area contributed by atoms with Crippen molar-refractivity contribution in [2.45, 2.75) is 25.5 Å². The van der Waals surface area contributed by atoms with Crippen LogP contribution in [0.25, 0.3) is 11.4 Å². The van der Waals surface area contributed by atoms with Crippen LogP contribution >= 0.6 is 23.4 Å². The van der Waals surface area contributed by atoms with E-state index in [4.69, 9.17) is 21.1 Å². The molecule has 1 amide bonds. The summed E-state index contributed by atoms with van der Waals surface area (Å²) in [4.78, 5) is 12.5. The molecule has 1 N–H and O–H groups in total. The number of amides is 1. The van der Waals surface area contributed by atoms with Gasteiger partial charge in [-0.25, -0.2) is 0 Å². The fourth-order valence-electron chi connectivity index (χ4n) is 2.85. The van der Waals surface area contributed by atoms with Crippen LogP contribution in [0.3, 0.4) is 0 Å². The van der Waals surface area contributed by atoms with Crippen molar-refractivity contribution in [2.75, 3.05) is 25.3 Å². The van der Waals surface area contributed by atoms with E-state index < -0.39 is 0 Å². The number of hydrogen-bond acceptors (Lipinski definition) is 6. The Balaban J connectivity index is 1.72. The first-order valence-corrected chi connectivity index (χ1v) is 10.7. The van der Waals surface area contributed by atoms with Gasteiger partial charge in [-0.15, -0.1) is 10.2 Å². The molecular formula is C21H23ClN4O3S. The highest BCUT2D eigenvalue weighted by molar-refractivity contribution is 7.99. The number of carbonyl (C=O) groups excluding carboxylic acids is 1. The van der Waals surface area contributed by atoms with Gasteiger partial charge in [0, 0.05) is 23.2 Å². The fraction of sp³-hybridized carbons (Fsp3) is 0.286. The van der Waals surface area contributed by atoms with E-state index in [1.807, 2.05) is 36.6 Å². The normalized spacial score (nSPS) is 10.7. The number of methoxy groups -OCH3 is 2. The van der Waals surface area contributed by atoms with Crippen molar-refractivity contribution in [3.63, 3.8) is 0 Å². The number of nitrogens with zero attached hydrogens (tertiary/aromatic N) is 3. The molecule has 0 saturated carbocycles. The monoisotopic (exact) mass is 446 g/mol. The lowest BCUT2D eigenvalue weighted by Crippen LogP contribution is -2.15. The van der Waals surface area contributed by atoms with Crippen LogP contribution in [-0.2, 0) is 11.3 Å². The largest absolute Gasteiger partial charge is 0.497 e. The number of thioether (sulfide) groups is 1. The van der Waals surface area contributed by atoms with Crippen molar-refractivity contribution >= 4 is 35.0 Å². The van der Waals surface area contributed by atoms with Gasteiger partial charge in [-0.2, -0.15) is 0 Å². The van der Waals surface area contributed by atoms with E-state index in [2.05, 4.69) is 15.5 Å². The number of ether oxygens (including phenoxy) is 2. The predicted octanol–water partition coefficient (Wildman–Crippen LogP) is 4.67. The molecule has 7 nitrogen and oxygen atoms in total. The third-order valence-corrected chi connectivity index (χ3v) is 5.85. The van der Waals surface area contributed by atoms with Crippen LogP contribution in [0.2, 0.25) is 5.02 Å². The second kappa shape index (κ2) is 9.86. The van der Waals surface area contributed by atoms with E-state index in [0.29, 0.717) is 33.9 Å². The van der Waals surface area contributed by atoms with E-state index in [1.165, 1.54) is 11.8 Å². The number of aryl methyl sites for hydroxylation is 1. The molecule has 0 spiro atoms. The quantitative estimate of drug-likeness (QED) is 0.506. The predicted molar refractivity (Wildman–Crippen MR) is 120 cm³/mol. The number of halogens is 1. The summed E-state index contributed by atoms with van der Waals surface area (Å²) < 4.78 is 12.5. The maximum absolute atomic E-state index is 12.5. The van der Waals surface area contributed by atoms with Gasteiger partial charge in [-0.3, -0.25) is 4.79 Å². The molecule has 0 fully saturated rings. The molecule has 0 saturated heterocycles. The molecule has 0 aliphatic heterocycles. The average molecular weight is 447 g/mol. The van der Waals surface area contributed by atoms with E-state index in [9.17, 15) is 4.79 Å². The Morgan fingerprint density at radius 2 is 1.97 bits per heavy atom. The Morgan fingerprint density at radius 1 is 1.17 bits per heavy atom. The zero-order valence-corrected chi connectivity index (χ0v) is 18.8. The highest BCUT2D eigenvalue weighted by Crippen LogP contribution is 2.30. The summed E-state index contributed by atoms with van der Waals surface area (Å²) in [5.41, 5.74) is 2.44. The third-order valence-electron chi connectivity index (χ3n) is 4.48. The highest BCUT2D eigenvalue weighted by atomic mass is 35.5. The number of rotatable bonds is 8. The number of anilines is 1. The number of aromatic nitrogens is 3. The molecule has 3 aromatic rings. The van der Waals surface area contributed by atoms with Gasteiger partial charge in [0.1, 0.15) is 11.5 Å². The number of carbonyl (C=O) groups is 1. The van der Waals surface area contributed by atoms with Crippen LogP contribution in [0.15, 0.2) is 41.6 Å². The van der Waals surface area contributed by atoms with Crippen molar-refractivity contribution in [1.29, 1.82) is 0 Å². The van der Waals surface area contributed by atoms with Gasteiger partial charge in [0.2, 0.25) is 5.91 Å². The lowest BCUT2D eigenvalue weighted by atomic mass is 10.1. The second-order valence-corrected chi connectivity index (χ2v) is 7.77. The van der Waals surface area contributed by atoms with Crippen LogP contribution in [-0.4, -0.2) is 40.6 Å². The molecule has 1 heterocycles.